The van der Waals surface area contributed by atoms with E-state index in [0.29, 0.717) is 18.3 Å². The van der Waals surface area contributed by atoms with E-state index in [0.717, 1.165) is 67.9 Å². The van der Waals surface area contributed by atoms with Gasteiger partial charge in [-0.1, -0.05) is 6.07 Å². The second kappa shape index (κ2) is 9.07. The van der Waals surface area contributed by atoms with Gasteiger partial charge in [0, 0.05) is 68.8 Å². The molecule has 1 spiro atoms. The third-order valence-electron chi connectivity index (χ3n) is 8.68. The van der Waals surface area contributed by atoms with Gasteiger partial charge in [0.05, 0.1) is 22.8 Å². The summed E-state index contributed by atoms with van der Waals surface area (Å²) in [5.74, 6) is 0.761. The predicted molar refractivity (Wildman–Crippen MR) is 140 cm³/mol. The van der Waals surface area contributed by atoms with Crippen LogP contribution in [0.15, 0.2) is 36.5 Å². The van der Waals surface area contributed by atoms with Gasteiger partial charge in [-0.3, -0.25) is 9.59 Å². The van der Waals surface area contributed by atoms with Crippen LogP contribution in [0, 0.1) is 22.0 Å². The van der Waals surface area contributed by atoms with Crippen molar-refractivity contribution < 1.29 is 19.3 Å². The Morgan fingerprint density at radius 3 is 2.42 bits per heavy atom. The average molecular weight is 519 g/mol. The lowest BCUT2D eigenvalue weighted by Crippen LogP contribution is -2.60. The van der Waals surface area contributed by atoms with Crippen molar-refractivity contribution in [2.45, 2.75) is 37.1 Å². The number of hydrogen-bond acceptors (Lipinski definition) is 8. The summed E-state index contributed by atoms with van der Waals surface area (Å²) in [6.45, 7) is 3.61. The third-order valence-corrected chi connectivity index (χ3v) is 8.68. The second-order valence-corrected chi connectivity index (χ2v) is 10.8. The number of hydrogen-bond donors (Lipinski definition) is 1. The molecule has 1 N–H and O–H groups in total. The lowest BCUT2D eigenvalue weighted by atomic mass is 9.79. The zero-order chi connectivity index (χ0) is 26.6. The first-order valence-electron chi connectivity index (χ1n) is 13.1. The lowest BCUT2D eigenvalue weighted by molar-refractivity contribution is -0.389. The summed E-state index contributed by atoms with van der Waals surface area (Å²) in [4.78, 5) is 57.9. The molecule has 4 heterocycles. The number of rotatable bonds is 9. The van der Waals surface area contributed by atoms with Crippen LogP contribution in [0.5, 0.6) is 0 Å². The fourth-order valence-electron chi connectivity index (χ4n) is 6.21. The molecule has 0 bridgehead atoms. The molecule has 198 valence electrons. The fourth-order valence-corrected chi connectivity index (χ4v) is 6.21. The van der Waals surface area contributed by atoms with Gasteiger partial charge >= 0.3 is 5.82 Å². The Labute approximate surface area is 219 Å². The van der Waals surface area contributed by atoms with Crippen molar-refractivity contribution in [3.8, 4) is 0 Å². The molecule has 11 heteroatoms. The minimum atomic E-state index is -0.659. The Kier molecular flexibility index (Phi) is 5.81. The Morgan fingerprint density at radius 2 is 1.84 bits per heavy atom. The molecule has 1 saturated carbocycles. The molecule has 2 aromatic rings. The van der Waals surface area contributed by atoms with Crippen molar-refractivity contribution in [3.63, 3.8) is 0 Å². The van der Waals surface area contributed by atoms with E-state index in [1.807, 2.05) is 12.1 Å². The van der Waals surface area contributed by atoms with Crippen molar-refractivity contribution >= 4 is 41.0 Å². The van der Waals surface area contributed by atoms with E-state index in [9.17, 15) is 24.5 Å². The van der Waals surface area contributed by atoms with E-state index in [2.05, 4.69) is 26.2 Å². The first-order valence-corrected chi connectivity index (χ1v) is 13.1. The minimum Gasteiger partial charge on any atom is -0.371 e. The molecular weight excluding hydrogens is 488 g/mol. The molecule has 1 aromatic carbocycles. The number of pyridine rings is 1. The molecule has 6 rings (SSSR count). The van der Waals surface area contributed by atoms with Gasteiger partial charge in [-0.2, -0.15) is 0 Å². The molecule has 38 heavy (non-hydrogen) atoms. The molecule has 4 aliphatic rings. The summed E-state index contributed by atoms with van der Waals surface area (Å²) < 4.78 is 0. The van der Waals surface area contributed by atoms with E-state index < -0.39 is 16.4 Å². The van der Waals surface area contributed by atoms with Crippen molar-refractivity contribution in [3.05, 3.63) is 52.2 Å². The number of nitro groups is 1. The monoisotopic (exact) mass is 518 g/mol. The van der Waals surface area contributed by atoms with Crippen LogP contribution in [0.4, 0.5) is 22.9 Å². The highest BCUT2D eigenvalue weighted by molar-refractivity contribution is 6.14. The number of aromatic nitrogens is 1. The van der Waals surface area contributed by atoms with Gasteiger partial charge in [0.15, 0.2) is 6.20 Å². The summed E-state index contributed by atoms with van der Waals surface area (Å²) in [6, 6.07) is 8.50. The molecule has 3 fully saturated rings. The summed E-state index contributed by atoms with van der Waals surface area (Å²) >= 11 is 0. The second-order valence-electron chi connectivity index (χ2n) is 10.8. The highest BCUT2D eigenvalue weighted by Gasteiger charge is 2.62. The molecule has 2 amide bonds. The molecule has 1 unspecified atom stereocenters. The number of anilines is 3. The maximum absolute atomic E-state index is 13.6. The smallest absolute Gasteiger partial charge is 0.363 e. The third kappa shape index (κ3) is 3.79. The van der Waals surface area contributed by atoms with Gasteiger partial charge in [0.1, 0.15) is 6.29 Å². The van der Waals surface area contributed by atoms with Crippen LogP contribution in [0.2, 0.25) is 0 Å². The van der Waals surface area contributed by atoms with Gasteiger partial charge in [-0.25, -0.2) is 0 Å². The molecular formula is C27H30N6O5. The van der Waals surface area contributed by atoms with E-state index in [1.165, 1.54) is 6.07 Å². The van der Waals surface area contributed by atoms with Crippen molar-refractivity contribution in [2.75, 3.05) is 47.9 Å². The van der Waals surface area contributed by atoms with Crippen LogP contribution in [-0.2, 0) is 19.8 Å². The minimum absolute atomic E-state index is 0.0163. The number of fused-ring (bicyclic) bond motifs is 2. The molecule has 1 atom stereocenters. The van der Waals surface area contributed by atoms with Gasteiger partial charge in [-0.15, -0.1) is 0 Å². The standard InChI is InChI=1S/C27H30N6O5/c1-28-24(35)8-6-20(16-34)32-22-4-2-3-21(25(22)27(9-10-27)26(32)36)31-14-18(15-31)17-12-30(13-17)19-5-7-23(29-11-19)33(37)38/h2-5,7,11,16-18,20H,6,8-10,12-15H2,1H3,(H,28,35). The number of nitrogens with one attached hydrogen (secondary N) is 1. The summed E-state index contributed by atoms with van der Waals surface area (Å²) in [5.41, 5.74) is 3.30. The highest BCUT2D eigenvalue weighted by Crippen LogP contribution is 2.61. The zero-order valence-corrected chi connectivity index (χ0v) is 21.2. The number of amides is 2. The van der Waals surface area contributed by atoms with Crippen LogP contribution < -0.4 is 20.0 Å². The van der Waals surface area contributed by atoms with E-state index in [4.69, 9.17) is 0 Å². The number of carbonyl (C=O) groups is 3. The van der Waals surface area contributed by atoms with Gasteiger partial charge in [-0.05, 0) is 47.4 Å². The van der Waals surface area contributed by atoms with Gasteiger partial charge in [0.2, 0.25) is 11.8 Å². The Bertz CT molecular complexity index is 1300. The maximum Gasteiger partial charge on any atom is 0.363 e. The van der Waals surface area contributed by atoms with E-state index >= 15 is 0 Å². The highest BCUT2D eigenvalue weighted by atomic mass is 16.6. The summed E-state index contributed by atoms with van der Waals surface area (Å²) in [5, 5.41) is 13.4. The Morgan fingerprint density at radius 1 is 1.16 bits per heavy atom. The quantitative estimate of drug-likeness (QED) is 0.303. The van der Waals surface area contributed by atoms with E-state index in [-0.39, 0.29) is 24.1 Å². The van der Waals surface area contributed by atoms with Crippen molar-refractivity contribution in [1.82, 2.24) is 10.3 Å². The first kappa shape index (κ1) is 24.3. The first-order chi connectivity index (χ1) is 18.4. The Balaban J connectivity index is 1.13. The molecule has 0 radical (unpaired) electrons. The van der Waals surface area contributed by atoms with Crippen LogP contribution >= 0.6 is 0 Å². The van der Waals surface area contributed by atoms with Crippen molar-refractivity contribution in [2.24, 2.45) is 11.8 Å². The maximum atomic E-state index is 13.6. The Hall–Kier alpha value is -4.02. The van der Waals surface area contributed by atoms with Crippen LogP contribution in [-0.4, -0.2) is 67.3 Å². The van der Waals surface area contributed by atoms with Gasteiger partial charge in [0.25, 0.3) is 0 Å². The molecule has 11 nitrogen and oxygen atoms in total. The molecule has 1 aliphatic carbocycles. The zero-order valence-electron chi connectivity index (χ0n) is 21.2. The van der Waals surface area contributed by atoms with Crippen LogP contribution in [0.25, 0.3) is 0 Å². The average Bonchev–Trinajstić information content (AvgIpc) is 3.63. The topological polar surface area (TPSA) is 129 Å². The number of carbonyl (C=O) groups excluding carboxylic acids is 3. The van der Waals surface area contributed by atoms with E-state index in [1.54, 1.807) is 24.2 Å². The summed E-state index contributed by atoms with van der Waals surface area (Å²) in [7, 11) is 1.56. The number of benzene rings is 1. The SMILES string of the molecule is CNC(=O)CCC(C=O)N1C(=O)C2(CC2)c2c(N3CC(C4CN(c5ccc([N+](=O)[O-])nc5)C4)C3)cccc21. The normalized spacial score (nSPS) is 20.6. The predicted octanol–water partition coefficient (Wildman–Crippen LogP) is 2.03. The van der Waals surface area contributed by atoms with Crippen LogP contribution in [0.1, 0.15) is 31.2 Å². The largest absolute Gasteiger partial charge is 0.371 e. The molecule has 3 aliphatic heterocycles. The van der Waals surface area contributed by atoms with Crippen LogP contribution in [0.3, 0.4) is 0 Å². The number of aldehydes is 1. The molecule has 1 aromatic heterocycles. The van der Waals surface area contributed by atoms with Gasteiger partial charge < -0.3 is 34.9 Å². The fraction of sp³-hybridized carbons (Fsp3) is 0.481. The lowest BCUT2D eigenvalue weighted by Gasteiger charge is -2.52. The summed E-state index contributed by atoms with van der Waals surface area (Å²) in [6.07, 6.45) is 4.41. The molecule has 2 saturated heterocycles. The number of nitrogens with zero attached hydrogens (tertiary/aromatic N) is 5. The van der Waals surface area contributed by atoms with Crippen molar-refractivity contribution in [1.29, 1.82) is 0 Å².